The molecule has 0 saturated carbocycles. The van der Waals surface area contributed by atoms with E-state index in [4.69, 9.17) is 19.5 Å². The largest absolute Gasteiger partial charge is 0.493 e. The van der Waals surface area contributed by atoms with Crippen molar-refractivity contribution < 1.29 is 14.2 Å². The van der Waals surface area contributed by atoms with E-state index in [1.807, 2.05) is 31.2 Å². The van der Waals surface area contributed by atoms with E-state index in [1.165, 1.54) is 0 Å². The molecule has 2 rings (SSSR count). The first-order valence-electron chi connectivity index (χ1n) is 6.63. The summed E-state index contributed by atoms with van der Waals surface area (Å²) in [5.41, 5.74) is 1.69. The molecule has 0 N–H and O–H groups in total. The fraction of sp³-hybridized carbons (Fsp3) is 0.235. The van der Waals surface area contributed by atoms with Crippen molar-refractivity contribution in [2.24, 2.45) is 0 Å². The molecule has 2 aromatic carbocycles. The van der Waals surface area contributed by atoms with E-state index >= 15 is 0 Å². The second-order valence-corrected chi connectivity index (χ2v) is 4.49. The fourth-order valence-corrected chi connectivity index (χ4v) is 1.86. The van der Waals surface area contributed by atoms with Gasteiger partial charge >= 0.3 is 0 Å². The molecule has 0 amide bonds. The van der Waals surface area contributed by atoms with E-state index in [2.05, 4.69) is 6.07 Å². The van der Waals surface area contributed by atoms with Crippen molar-refractivity contribution in [1.29, 1.82) is 5.26 Å². The Hall–Kier alpha value is -2.67. The van der Waals surface area contributed by atoms with Gasteiger partial charge in [-0.2, -0.15) is 5.26 Å². The summed E-state index contributed by atoms with van der Waals surface area (Å²) >= 11 is 0. The number of nitrogens with zero attached hydrogens (tertiary/aromatic N) is 1. The van der Waals surface area contributed by atoms with Crippen molar-refractivity contribution in [3.63, 3.8) is 0 Å². The minimum atomic E-state index is 0.395. The summed E-state index contributed by atoms with van der Waals surface area (Å²) in [4.78, 5) is 0. The molecule has 0 aliphatic rings. The summed E-state index contributed by atoms with van der Waals surface area (Å²) < 4.78 is 16.5. The molecular formula is C17H17NO3. The first-order valence-corrected chi connectivity index (χ1v) is 6.63. The number of methoxy groups -OCH3 is 1. The maximum Gasteiger partial charge on any atom is 0.161 e. The van der Waals surface area contributed by atoms with Gasteiger partial charge in [0.1, 0.15) is 19.0 Å². The molecule has 0 saturated heterocycles. The molecule has 0 fully saturated rings. The zero-order valence-electron chi connectivity index (χ0n) is 12.1. The molecule has 0 spiro atoms. The van der Waals surface area contributed by atoms with Crippen molar-refractivity contribution in [3.8, 4) is 23.3 Å². The summed E-state index contributed by atoms with van der Waals surface area (Å²) in [6.07, 6.45) is 0. The molecular weight excluding hydrogens is 266 g/mol. The van der Waals surface area contributed by atoms with Gasteiger partial charge in [-0.1, -0.05) is 12.1 Å². The standard InChI is InChI=1S/C17H17NO3/c1-13-6-7-16(17(10-13)19-2)21-9-8-20-15-5-3-4-14(11-15)12-18/h3-7,10-11H,8-9H2,1-2H3. The maximum absolute atomic E-state index is 8.82. The summed E-state index contributed by atoms with van der Waals surface area (Å²) in [6, 6.07) is 14.9. The predicted molar refractivity (Wildman–Crippen MR) is 79.9 cm³/mol. The van der Waals surface area contributed by atoms with Gasteiger partial charge in [-0.15, -0.1) is 0 Å². The molecule has 0 aliphatic heterocycles. The van der Waals surface area contributed by atoms with Crippen molar-refractivity contribution in [3.05, 3.63) is 53.6 Å². The lowest BCUT2D eigenvalue weighted by molar-refractivity contribution is 0.211. The lowest BCUT2D eigenvalue weighted by Crippen LogP contribution is -2.09. The number of ether oxygens (including phenoxy) is 3. The maximum atomic E-state index is 8.82. The minimum absolute atomic E-state index is 0.395. The Bertz CT molecular complexity index is 647. The number of rotatable bonds is 6. The highest BCUT2D eigenvalue weighted by molar-refractivity contribution is 5.42. The molecule has 0 unspecified atom stereocenters. The predicted octanol–water partition coefficient (Wildman–Crippen LogP) is 3.33. The molecule has 4 nitrogen and oxygen atoms in total. The molecule has 0 bridgehead atoms. The third kappa shape index (κ3) is 4.15. The van der Waals surface area contributed by atoms with E-state index in [0.717, 1.165) is 5.56 Å². The number of nitriles is 1. The molecule has 0 radical (unpaired) electrons. The Morgan fingerprint density at radius 1 is 1.00 bits per heavy atom. The van der Waals surface area contributed by atoms with Gasteiger partial charge in [0, 0.05) is 0 Å². The van der Waals surface area contributed by atoms with Crippen LogP contribution < -0.4 is 14.2 Å². The minimum Gasteiger partial charge on any atom is -0.493 e. The summed E-state index contributed by atoms with van der Waals surface area (Å²) in [5, 5.41) is 8.82. The smallest absolute Gasteiger partial charge is 0.161 e. The quantitative estimate of drug-likeness (QED) is 0.763. The number of hydrogen-bond acceptors (Lipinski definition) is 4. The normalized spacial score (nSPS) is 9.76. The highest BCUT2D eigenvalue weighted by atomic mass is 16.5. The van der Waals surface area contributed by atoms with Crippen LogP contribution in [0.4, 0.5) is 0 Å². The summed E-state index contributed by atoms with van der Waals surface area (Å²) in [6.45, 7) is 2.79. The highest BCUT2D eigenvalue weighted by Gasteiger charge is 2.04. The van der Waals surface area contributed by atoms with Crippen LogP contribution in [0.25, 0.3) is 0 Å². The van der Waals surface area contributed by atoms with Crippen molar-refractivity contribution in [2.45, 2.75) is 6.92 Å². The zero-order valence-corrected chi connectivity index (χ0v) is 12.1. The summed E-state index contributed by atoms with van der Waals surface area (Å²) in [7, 11) is 1.62. The van der Waals surface area contributed by atoms with E-state index in [1.54, 1.807) is 25.3 Å². The lowest BCUT2D eigenvalue weighted by Gasteiger charge is -2.12. The van der Waals surface area contributed by atoms with Crippen molar-refractivity contribution in [2.75, 3.05) is 20.3 Å². The van der Waals surface area contributed by atoms with Gasteiger partial charge in [0.25, 0.3) is 0 Å². The van der Waals surface area contributed by atoms with Gasteiger partial charge < -0.3 is 14.2 Å². The second-order valence-electron chi connectivity index (χ2n) is 4.49. The van der Waals surface area contributed by atoms with Crippen LogP contribution in [0.2, 0.25) is 0 Å². The van der Waals surface area contributed by atoms with Crippen molar-refractivity contribution in [1.82, 2.24) is 0 Å². The first kappa shape index (κ1) is 14.7. The van der Waals surface area contributed by atoms with E-state index in [9.17, 15) is 0 Å². The summed E-state index contributed by atoms with van der Waals surface area (Å²) in [5.74, 6) is 2.06. The van der Waals surface area contributed by atoms with Crippen LogP contribution in [-0.4, -0.2) is 20.3 Å². The molecule has 0 heterocycles. The van der Waals surface area contributed by atoms with Crippen LogP contribution in [0, 0.1) is 18.3 Å². The first-order chi connectivity index (χ1) is 10.2. The van der Waals surface area contributed by atoms with Gasteiger partial charge in [0.15, 0.2) is 11.5 Å². The molecule has 0 aliphatic carbocycles. The zero-order chi connectivity index (χ0) is 15.1. The van der Waals surface area contributed by atoms with Crippen LogP contribution in [-0.2, 0) is 0 Å². The third-order valence-electron chi connectivity index (χ3n) is 2.89. The molecule has 21 heavy (non-hydrogen) atoms. The van der Waals surface area contributed by atoms with Crippen LogP contribution in [0.15, 0.2) is 42.5 Å². The van der Waals surface area contributed by atoms with Gasteiger partial charge in [0.05, 0.1) is 18.7 Å². The molecule has 0 atom stereocenters. The van der Waals surface area contributed by atoms with Gasteiger partial charge in [-0.3, -0.25) is 0 Å². The Balaban J connectivity index is 1.86. The van der Waals surface area contributed by atoms with Crippen LogP contribution in [0.3, 0.4) is 0 Å². The average Bonchev–Trinajstić information content (AvgIpc) is 2.52. The van der Waals surface area contributed by atoms with Crippen LogP contribution in [0.1, 0.15) is 11.1 Å². The second kappa shape index (κ2) is 7.20. The third-order valence-corrected chi connectivity index (χ3v) is 2.89. The van der Waals surface area contributed by atoms with E-state index in [0.29, 0.717) is 36.0 Å². The SMILES string of the molecule is COc1cc(C)ccc1OCCOc1cccc(C#N)c1. The van der Waals surface area contributed by atoms with E-state index < -0.39 is 0 Å². The fourth-order valence-electron chi connectivity index (χ4n) is 1.86. The van der Waals surface area contributed by atoms with Gasteiger partial charge in [-0.25, -0.2) is 0 Å². The van der Waals surface area contributed by atoms with Crippen LogP contribution >= 0.6 is 0 Å². The Morgan fingerprint density at radius 3 is 2.57 bits per heavy atom. The number of hydrogen-bond donors (Lipinski definition) is 0. The Morgan fingerprint density at radius 2 is 1.81 bits per heavy atom. The Labute approximate surface area is 124 Å². The molecule has 4 heteroatoms. The van der Waals surface area contributed by atoms with E-state index in [-0.39, 0.29) is 0 Å². The number of benzene rings is 2. The molecule has 108 valence electrons. The highest BCUT2D eigenvalue weighted by Crippen LogP contribution is 2.27. The monoisotopic (exact) mass is 283 g/mol. The Kier molecular flexibility index (Phi) is 5.05. The average molecular weight is 283 g/mol. The van der Waals surface area contributed by atoms with Crippen molar-refractivity contribution >= 4 is 0 Å². The number of aryl methyl sites for hydroxylation is 1. The van der Waals surface area contributed by atoms with Crippen LogP contribution in [0.5, 0.6) is 17.2 Å². The molecule has 0 aromatic heterocycles. The lowest BCUT2D eigenvalue weighted by atomic mass is 10.2. The van der Waals surface area contributed by atoms with Gasteiger partial charge in [-0.05, 0) is 42.8 Å². The van der Waals surface area contributed by atoms with Gasteiger partial charge in [0.2, 0.25) is 0 Å². The topological polar surface area (TPSA) is 51.5 Å². The molecule has 2 aromatic rings.